The van der Waals surface area contributed by atoms with Crippen molar-refractivity contribution in [1.29, 1.82) is 0 Å². The maximum Gasteiger partial charge on any atom is 0.291 e. The maximum absolute atomic E-state index is 12.3. The van der Waals surface area contributed by atoms with Crippen LogP contribution in [0.3, 0.4) is 0 Å². The number of nitrogens with zero attached hydrogens (tertiary/aromatic N) is 4. The Kier molecular flexibility index (Phi) is 13.2. The van der Waals surface area contributed by atoms with Crippen LogP contribution in [0.5, 0.6) is 0 Å². The lowest BCUT2D eigenvalue weighted by atomic mass is 10.0. The van der Waals surface area contributed by atoms with E-state index < -0.39 is 0 Å². The normalized spacial score (nSPS) is 14.3. The van der Waals surface area contributed by atoms with Crippen LogP contribution < -0.4 is 5.32 Å². The highest BCUT2D eigenvalue weighted by Crippen LogP contribution is 2.14. The molecule has 0 aromatic carbocycles. The summed E-state index contributed by atoms with van der Waals surface area (Å²) in [6.07, 6.45) is 6.24. The fourth-order valence-electron chi connectivity index (χ4n) is 3.09. The highest BCUT2D eigenvalue weighted by molar-refractivity contribution is 14.1. The fourth-order valence-corrected chi connectivity index (χ4v) is 3.88. The molecule has 3 unspecified atom stereocenters. The van der Waals surface area contributed by atoms with Gasteiger partial charge in [0.25, 0.3) is 5.91 Å². The molecule has 0 saturated heterocycles. The first kappa shape index (κ1) is 27.8. The van der Waals surface area contributed by atoms with E-state index in [1.165, 1.54) is 12.8 Å². The highest BCUT2D eigenvalue weighted by Gasteiger charge is 2.18. The van der Waals surface area contributed by atoms with Gasteiger partial charge in [0.05, 0.1) is 41.6 Å². The number of carbonyl (C=O) groups excluding carboxylic acids is 2. The van der Waals surface area contributed by atoms with E-state index in [2.05, 4.69) is 66.0 Å². The quantitative estimate of drug-likeness (QED) is 0.201. The van der Waals surface area contributed by atoms with Crippen molar-refractivity contribution in [3.63, 3.8) is 0 Å². The van der Waals surface area contributed by atoms with Crippen LogP contribution in [0, 0.1) is 11.8 Å². The lowest BCUT2D eigenvalue weighted by Crippen LogP contribution is -2.37. The monoisotopic (exact) mass is 549 g/mol. The van der Waals surface area contributed by atoms with Gasteiger partial charge < -0.3 is 10.1 Å². The zero-order valence-electron chi connectivity index (χ0n) is 19.9. The summed E-state index contributed by atoms with van der Waals surface area (Å²) in [6, 6.07) is 0. The molecular formula is C22H40IN5O3. The van der Waals surface area contributed by atoms with Gasteiger partial charge in [0.1, 0.15) is 6.33 Å². The third-order valence-electron chi connectivity index (χ3n) is 5.03. The Morgan fingerprint density at radius 1 is 1.19 bits per heavy atom. The van der Waals surface area contributed by atoms with Crippen molar-refractivity contribution in [2.75, 3.05) is 13.1 Å². The molecule has 9 heteroatoms. The van der Waals surface area contributed by atoms with Crippen molar-refractivity contribution in [2.24, 2.45) is 11.8 Å². The average Bonchev–Trinajstić information content (AvgIpc) is 3.16. The molecule has 0 bridgehead atoms. The van der Waals surface area contributed by atoms with Crippen LogP contribution in [0.15, 0.2) is 6.33 Å². The van der Waals surface area contributed by atoms with Crippen molar-refractivity contribution < 1.29 is 14.3 Å². The Balaban J connectivity index is 2.28. The van der Waals surface area contributed by atoms with Crippen molar-refractivity contribution in [2.45, 2.75) is 92.4 Å². The first-order valence-electron chi connectivity index (χ1n) is 11.4. The van der Waals surface area contributed by atoms with Gasteiger partial charge in [-0.15, -0.1) is 5.10 Å². The number of hydrogen-bond donors (Lipinski definition) is 1. The number of ether oxygens (including phenoxy) is 1. The predicted octanol–water partition coefficient (Wildman–Crippen LogP) is 4.24. The molecule has 8 nitrogen and oxygen atoms in total. The minimum Gasteiger partial charge on any atom is -0.372 e. The van der Waals surface area contributed by atoms with Crippen LogP contribution in [0.25, 0.3) is 0 Å². The Morgan fingerprint density at radius 2 is 1.90 bits per heavy atom. The van der Waals surface area contributed by atoms with Crippen molar-refractivity contribution in [3.05, 3.63) is 12.2 Å². The van der Waals surface area contributed by atoms with E-state index in [1.54, 1.807) is 14.1 Å². The number of hydrogen-bond acceptors (Lipinski definition) is 5. The smallest absolute Gasteiger partial charge is 0.291 e. The number of unbranched alkanes of at least 4 members (excludes halogenated alkanes) is 1. The summed E-state index contributed by atoms with van der Waals surface area (Å²) in [6.45, 7) is 14.1. The largest absolute Gasteiger partial charge is 0.372 e. The minimum absolute atomic E-state index is 0.128. The summed E-state index contributed by atoms with van der Waals surface area (Å²) in [5.41, 5.74) is 0. The standard InChI is InChI=1S/C22H40IN5O3/c1-7-17(4)10-8-9-11-20(29)28(23)14-19(6)31-18(5)12-24-22(30)21-25-15-27(26-21)13-16(2)3/h15-19H,7-14H2,1-6H3,(H,24,30). The van der Waals surface area contributed by atoms with E-state index >= 15 is 0 Å². The highest BCUT2D eigenvalue weighted by atomic mass is 127. The summed E-state index contributed by atoms with van der Waals surface area (Å²) in [4.78, 5) is 28.6. The molecule has 3 atom stereocenters. The third-order valence-corrected chi connectivity index (χ3v) is 5.96. The van der Waals surface area contributed by atoms with Gasteiger partial charge in [-0.25, -0.2) is 4.98 Å². The van der Waals surface area contributed by atoms with Crippen LogP contribution in [0.1, 0.15) is 84.3 Å². The van der Waals surface area contributed by atoms with E-state index in [0.29, 0.717) is 25.4 Å². The number of amides is 2. The first-order valence-corrected chi connectivity index (χ1v) is 12.4. The molecule has 1 rings (SSSR count). The van der Waals surface area contributed by atoms with Gasteiger partial charge in [-0.2, -0.15) is 0 Å². The molecule has 1 aromatic rings. The Labute approximate surface area is 201 Å². The second-order valence-corrected chi connectivity index (χ2v) is 10.0. The Hall–Kier alpha value is -1.23. The molecule has 2 amide bonds. The molecule has 31 heavy (non-hydrogen) atoms. The van der Waals surface area contributed by atoms with Gasteiger partial charge in [0, 0.05) is 19.5 Å². The number of rotatable bonds is 15. The van der Waals surface area contributed by atoms with Gasteiger partial charge >= 0.3 is 0 Å². The Bertz CT molecular complexity index is 667. The molecule has 0 radical (unpaired) electrons. The zero-order valence-corrected chi connectivity index (χ0v) is 22.1. The molecule has 1 aromatic heterocycles. The maximum atomic E-state index is 12.3. The van der Waals surface area contributed by atoms with Crippen molar-refractivity contribution >= 4 is 34.7 Å². The molecule has 178 valence electrons. The fraction of sp³-hybridized carbons (Fsp3) is 0.818. The molecule has 0 spiro atoms. The summed E-state index contributed by atoms with van der Waals surface area (Å²) in [5, 5.41) is 7.01. The van der Waals surface area contributed by atoms with E-state index in [0.717, 1.165) is 25.3 Å². The summed E-state index contributed by atoms with van der Waals surface area (Å²) in [7, 11) is 0. The Morgan fingerprint density at radius 3 is 2.55 bits per heavy atom. The van der Waals surface area contributed by atoms with Crippen LogP contribution in [-0.2, 0) is 16.1 Å². The van der Waals surface area contributed by atoms with Gasteiger partial charge in [0.2, 0.25) is 11.7 Å². The zero-order chi connectivity index (χ0) is 23.4. The van der Waals surface area contributed by atoms with E-state index in [1.807, 2.05) is 13.8 Å². The van der Waals surface area contributed by atoms with Gasteiger partial charge in [-0.05, 0) is 32.1 Å². The molecule has 0 aliphatic rings. The number of aromatic nitrogens is 3. The topological polar surface area (TPSA) is 89.4 Å². The van der Waals surface area contributed by atoms with Crippen LogP contribution >= 0.6 is 22.9 Å². The van der Waals surface area contributed by atoms with Crippen LogP contribution in [0.4, 0.5) is 0 Å². The number of halogens is 1. The number of nitrogens with one attached hydrogen (secondary N) is 1. The van der Waals surface area contributed by atoms with Crippen LogP contribution in [0.2, 0.25) is 0 Å². The summed E-state index contributed by atoms with van der Waals surface area (Å²) < 4.78 is 9.32. The van der Waals surface area contributed by atoms with E-state index in [4.69, 9.17) is 4.74 Å². The third kappa shape index (κ3) is 11.8. The van der Waals surface area contributed by atoms with Crippen molar-refractivity contribution in [3.8, 4) is 0 Å². The molecule has 0 fully saturated rings. The number of carbonyl (C=O) groups is 2. The molecule has 0 aliphatic carbocycles. The molecule has 0 aliphatic heterocycles. The van der Waals surface area contributed by atoms with E-state index in [-0.39, 0.29) is 29.8 Å². The van der Waals surface area contributed by atoms with E-state index in [9.17, 15) is 9.59 Å². The summed E-state index contributed by atoms with van der Waals surface area (Å²) in [5.74, 6) is 1.16. The second kappa shape index (κ2) is 14.8. The predicted molar refractivity (Wildman–Crippen MR) is 131 cm³/mol. The lowest BCUT2D eigenvalue weighted by Gasteiger charge is -2.23. The molecule has 0 saturated carbocycles. The minimum atomic E-state index is -0.311. The first-order chi connectivity index (χ1) is 14.6. The lowest BCUT2D eigenvalue weighted by molar-refractivity contribution is -0.126. The molecule has 1 heterocycles. The SMILES string of the molecule is CCC(C)CCCCC(=O)N(I)CC(C)OC(C)CNC(=O)c1ncn(CC(C)C)n1. The van der Waals surface area contributed by atoms with Crippen molar-refractivity contribution in [1.82, 2.24) is 23.2 Å². The van der Waals surface area contributed by atoms with Gasteiger partial charge in [-0.3, -0.25) is 17.4 Å². The second-order valence-electron chi connectivity index (χ2n) is 8.85. The molecular weight excluding hydrogens is 509 g/mol. The summed E-state index contributed by atoms with van der Waals surface area (Å²) >= 11 is 2.07. The molecule has 1 N–H and O–H groups in total. The van der Waals surface area contributed by atoms with Gasteiger partial charge in [-0.1, -0.05) is 47.0 Å². The average molecular weight is 549 g/mol. The van der Waals surface area contributed by atoms with Gasteiger partial charge in [0.15, 0.2) is 0 Å². The van der Waals surface area contributed by atoms with Crippen LogP contribution in [-0.4, -0.2) is 55.0 Å².